The summed E-state index contributed by atoms with van der Waals surface area (Å²) >= 11 is 0. The van der Waals surface area contributed by atoms with Gasteiger partial charge in [-0.2, -0.15) is 0 Å². The lowest BCUT2D eigenvalue weighted by molar-refractivity contribution is -0.0705. The van der Waals surface area contributed by atoms with Crippen LogP contribution in [0.15, 0.2) is 16.7 Å². The van der Waals surface area contributed by atoms with E-state index in [1.807, 2.05) is 6.07 Å². The summed E-state index contributed by atoms with van der Waals surface area (Å²) in [5, 5.41) is 0. The average Bonchev–Trinajstić information content (AvgIpc) is 2.63. The topological polar surface area (TPSA) is 51.6 Å². The number of furan rings is 1. The normalized spacial score (nSPS) is 27.2. The summed E-state index contributed by atoms with van der Waals surface area (Å²) in [6, 6.07) is 2.01. The van der Waals surface area contributed by atoms with Crippen molar-refractivity contribution >= 4 is 0 Å². The number of rotatable bonds is 3. The Kier molecular flexibility index (Phi) is 3.63. The summed E-state index contributed by atoms with van der Waals surface area (Å²) in [5.74, 6) is 0.895. The van der Waals surface area contributed by atoms with E-state index in [9.17, 15) is 0 Å². The first-order valence-electron chi connectivity index (χ1n) is 5.82. The van der Waals surface area contributed by atoms with Gasteiger partial charge in [0.15, 0.2) is 0 Å². The van der Waals surface area contributed by atoms with E-state index in [-0.39, 0.29) is 0 Å². The highest BCUT2D eigenvalue weighted by molar-refractivity contribution is 5.16. The smallest absolute Gasteiger partial charge is 0.121 e. The molecule has 2 unspecified atom stereocenters. The van der Waals surface area contributed by atoms with Gasteiger partial charge in [0.05, 0.1) is 25.0 Å². The molecule has 0 saturated carbocycles. The van der Waals surface area contributed by atoms with Crippen molar-refractivity contribution in [1.82, 2.24) is 4.90 Å². The Morgan fingerprint density at radius 1 is 1.38 bits per heavy atom. The highest BCUT2D eigenvalue weighted by atomic mass is 16.5. The predicted octanol–water partition coefficient (Wildman–Crippen LogP) is 1.35. The van der Waals surface area contributed by atoms with Crippen molar-refractivity contribution in [3.05, 3.63) is 23.7 Å². The molecule has 0 radical (unpaired) electrons. The van der Waals surface area contributed by atoms with Gasteiger partial charge in [-0.1, -0.05) is 0 Å². The minimum absolute atomic E-state index is 0.303. The Morgan fingerprint density at radius 2 is 2.06 bits per heavy atom. The van der Waals surface area contributed by atoms with E-state index in [4.69, 9.17) is 14.9 Å². The highest BCUT2D eigenvalue weighted by Crippen LogP contribution is 2.17. The van der Waals surface area contributed by atoms with Gasteiger partial charge in [0.25, 0.3) is 0 Å². The van der Waals surface area contributed by atoms with Gasteiger partial charge < -0.3 is 14.9 Å². The third-order valence-corrected chi connectivity index (χ3v) is 2.91. The van der Waals surface area contributed by atoms with Gasteiger partial charge in [-0.3, -0.25) is 4.90 Å². The van der Waals surface area contributed by atoms with E-state index in [0.717, 1.165) is 25.4 Å². The van der Waals surface area contributed by atoms with Crippen LogP contribution in [-0.4, -0.2) is 30.2 Å². The molecule has 1 aromatic heterocycles. The van der Waals surface area contributed by atoms with Crippen LogP contribution < -0.4 is 5.73 Å². The molecule has 4 nitrogen and oxygen atoms in total. The molecule has 1 aromatic rings. The maximum Gasteiger partial charge on any atom is 0.121 e. The molecule has 0 bridgehead atoms. The Bertz CT molecular complexity index is 328. The van der Waals surface area contributed by atoms with Crippen molar-refractivity contribution in [2.45, 2.75) is 39.1 Å². The summed E-state index contributed by atoms with van der Waals surface area (Å²) < 4.78 is 11.0. The van der Waals surface area contributed by atoms with Gasteiger partial charge in [-0.15, -0.1) is 0 Å². The predicted molar refractivity (Wildman–Crippen MR) is 61.9 cm³/mol. The molecular weight excluding hydrogens is 204 g/mol. The molecule has 0 amide bonds. The number of hydrogen-bond acceptors (Lipinski definition) is 4. The standard InChI is InChI=1S/C12H20N2O2/c1-9-6-14(7-10(2)16-9)8-11-3-4-15-12(11)5-13/h3-4,9-10H,5-8,13H2,1-2H3. The summed E-state index contributed by atoms with van der Waals surface area (Å²) in [5.41, 5.74) is 6.82. The molecule has 4 heteroatoms. The minimum Gasteiger partial charge on any atom is -0.468 e. The lowest BCUT2D eigenvalue weighted by Gasteiger charge is -2.35. The van der Waals surface area contributed by atoms with Crippen molar-refractivity contribution in [3.8, 4) is 0 Å². The molecule has 0 spiro atoms. The molecule has 2 rings (SSSR count). The molecule has 16 heavy (non-hydrogen) atoms. The Labute approximate surface area is 96.4 Å². The fraction of sp³-hybridized carbons (Fsp3) is 0.667. The lowest BCUT2D eigenvalue weighted by atomic mass is 10.2. The molecule has 1 aliphatic heterocycles. The van der Waals surface area contributed by atoms with Crippen LogP contribution in [0.3, 0.4) is 0 Å². The minimum atomic E-state index is 0.303. The van der Waals surface area contributed by atoms with Crippen molar-refractivity contribution < 1.29 is 9.15 Å². The monoisotopic (exact) mass is 224 g/mol. The molecule has 1 aliphatic rings. The lowest BCUT2D eigenvalue weighted by Crippen LogP contribution is -2.44. The molecule has 90 valence electrons. The first-order chi connectivity index (χ1) is 7.69. The largest absolute Gasteiger partial charge is 0.468 e. The number of nitrogens with two attached hydrogens (primary N) is 1. The molecule has 2 heterocycles. The van der Waals surface area contributed by atoms with Crippen molar-refractivity contribution in [3.63, 3.8) is 0 Å². The maximum atomic E-state index is 5.70. The highest BCUT2D eigenvalue weighted by Gasteiger charge is 2.22. The molecule has 2 atom stereocenters. The second kappa shape index (κ2) is 4.99. The van der Waals surface area contributed by atoms with Gasteiger partial charge in [-0.05, 0) is 19.9 Å². The van der Waals surface area contributed by atoms with Gasteiger partial charge in [0, 0.05) is 25.2 Å². The quantitative estimate of drug-likeness (QED) is 0.842. The van der Waals surface area contributed by atoms with E-state index in [0.29, 0.717) is 18.8 Å². The average molecular weight is 224 g/mol. The molecule has 0 aromatic carbocycles. The van der Waals surface area contributed by atoms with Crippen LogP contribution >= 0.6 is 0 Å². The number of nitrogens with zero attached hydrogens (tertiary/aromatic N) is 1. The molecule has 1 fully saturated rings. The van der Waals surface area contributed by atoms with E-state index in [2.05, 4.69) is 18.7 Å². The van der Waals surface area contributed by atoms with Gasteiger partial charge >= 0.3 is 0 Å². The van der Waals surface area contributed by atoms with Crippen LogP contribution in [0.1, 0.15) is 25.2 Å². The summed E-state index contributed by atoms with van der Waals surface area (Å²) in [4.78, 5) is 2.39. The van der Waals surface area contributed by atoms with Crippen LogP contribution in [0, 0.1) is 0 Å². The molecular formula is C12H20N2O2. The zero-order chi connectivity index (χ0) is 11.5. The number of hydrogen-bond donors (Lipinski definition) is 1. The third kappa shape index (κ3) is 2.64. The van der Waals surface area contributed by atoms with Gasteiger partial charge in [-0.25, -0.2) is 0 Å². The van der Waals surface area contributed by atoms with Gasteiger partial charge in [0.2, 0.25) is 0 Å². The maximum absolute atomic E-state index is 5.70. The Morgan fingerprint density at radius 3 is 2.69 bits per heavy atom. The van der Waals surface area contributed by atoms with E-state index in [1.54, 1.807) is 6.26 Å². The first kappa shape index (κ1) is 11.6. The van der Waals surface area contributed by atoms with Crippen LogP contribution in [0.5, 0.6) is 0 Å². The number of morpholine rings is 1. The SMILES string of the molecule is CC1CN(Cc2ccoc2CN)CC(C)O1. The summed E-state index contributed by atoms with van der Waals surface area (Å²) in [6.07, 6.45) is 2.32. The van der Waals surface area contributed by atoms with Crippen LogP contribution in [0.4, 0.5) is 0 Å². The van der Waals surface area contributed by atoms with E-state index < -0.39 is 0 Å². The van der Waals surface area contributed by atoms with Crippen molar-refractivity contribution in [2.24, 2.45) is 5.73 Å². The zero-order valence-electron chi connectivity index (χ0n) is 9.98. The molecule has 0 aliphatic carbocycles. The van der Waals surface area contributed by atoms with Crippen molar-refractivity contribution in [2.75, 3.05) is 13.1 Å². The van der Waals surface area contributed by atoms with Crippen LogP contribution in [0.2, 0.25) is 0 Å². The molecule has 1 saturated heterocycles. The van der Waals surface area contributed by atoms with Crippen molar-refractivity contribution in [1.29, 1.82) is 0 Å². The van der Waals surface area contributed by atoms with Crippen LogP contribution in [-0.2, 0) is 17.8 Å². The Balaban J connectivity index is 1.98. The van der Waals surface area contributed by atoms with E-state index >= 15 is 0 Å². The summed E-state index contributed by atoms with van der Waals surface area (Å²) in [6.45, 7) is 7.54. The fourth-order valence-electron chi connectivity index (χ4n) is 2.34. The zero-order valence-corrected chi connectivity index (χ0v) is 9.98. The third-order valence-electron chi connectivity index (χ3n) is 2.91. The number of ether oxygens (including phenoxy) is 1. The first-order valence-corrected chi connectivity index (χ1v) is 5.82. The second-order valence-corrected chi connectivity index (χ2v) is 4.52. The fourth-order valence-corrected chi connectivity index (χ4v) is 2.34. The second-order valence-electron chi connectivity index (χ2n) is 4.52. The van der Waals surface area contributed by atoms with Gasteiger partial charge in [0.1, 0.15) is 5.76 Å². The van der Waals surface area contributed by atoms with E-state index in [1.165, 1.54) is 5.56 Å². The van der Waals surface area contributed by atoms with Crippen LogP contribution in [0.25, 0.3) is 0 Å². The molecule has 2 N–H and O–H groups in total. The summed E-state index contributed by atoms with van der Waals surface area (Å²) in [7, 11) is 0. The Hall–Kier alpha value is -0.840.